The highest BCUT2D eigenvalue weighted by molar-refractivity contribution is 5.79. The Balaban J connectivity index is 1.65. The van der Waals surface area contributed by atoms with Crippen molar-refractivity contribution in [3.63, 3.8) is 0 Å². The van der Waals surface area contributed by atoms with E-state index in [2.05, 4.69) is 49.7 Å². The van der Waals surface area contributed by atoms with Crippen LogP contribution < -0.4 is 10.6 Å². The lowest BCUT2D eigenvalue weighted by molar-refractivity contribution is -0.132. The fourth-order valence-electron chi connectivity index (χ4n) is 2.98. The second-order valence-electron chi connectivity index (χ2n) is 6.66. The third-order valence-corrected chi connectivity index (χ3v) is 4.44. The van der Waals surface area contributed by atoms with Crippen molar-refractivity contribution in [1.29, 1.82) is 0 Å². The van der Waals surface area contributed by atoms with E-state index < -0.39 is 12.6 Å². The van der Waals surface area contributed by atoms with Crippen molar-refractivity contribution in [3.05, 3.63) is 35.9 Å². The van der Waals surface area contributed by atoms with E-state index >= 15 is 0 Å². The molecule has 0 saturated carbocycles. The third-order valence-electron chi connectivity index (χ3n) is 4.44. The van der Waals surface area contributed by atoms with Gasteiger partial charge in [-0.15, -0.1) is 0 Å². The van der Waals surface area contributed by atoms with Crippen LogP contribution in [0.1, 0.15) is 18.9 Å². The molecular weight excluding hydrogens is 355 g/mol. The lowest BCUT2D eigenvalue weighted by atomic mass is 10.2. The van der Waals surface area contributed by atoms with Crippen molar-refractivity contribution < 1.29 is 13.2 Å². The predicted molar refractivity (Wildman–Crippen MR) is 103 cm³/mol. The maximum atomic E-state index is 12.2. The number of hydrogen-bond acceptors (Lipinski definition) is 3. The zero-order valence-corrected chi connectivity index (χ0v) is 15.9. The highest BCUT2D eigenvalue weighted by Gasteiger charge is 2.26. The van der Waals surface area contributed by atoms with Gasteiger partial charge in [-0.1, -0.05) is 30.3 Å². The molecule has 27 heavy (non-hydrogen) atoms. The Bertz CT molecular complexity index is 554. The first-order valence-corrected chi connectivity index (χ1v) is 9.54. The van der Waals surface area contributed by atoms with Gasteiger partial charge in [0.15, 0.2) is 5.96 Å². The normalized spacial score (nSPS) is 17.1. The van der Waals surface area contributed by atoms with Crippen LogP contribution in [-0.4, -0.2) is 74.3 Å². The molecule has 0 bridgehead atoms. The van der Waals surface area contributed by atoms with Crippen LogP contribution in [0.25, 0.3) is 0 Å². The van der Waals surface area contributed by atoms with Crippen molar-refractivity contribution in [2.24, 2.45) is 4.99 Å². The number of halogens is 3. The van der Waals surface area contributed by atoms with Crippen molar-refractivity contribution in [1.82, 2.24) is 20.4 Å². The fourth-order valence-corrected chi connectivity index (χ4v) is 2.98. The van der Waals surface area contributed by atoms with E-state index in [0.29, 0.717) is 19.0 Å². The minimum atomic E-state index is -4.17. The van der Waals surface area contributed by atoms with Crippen LogP contribution in [-0.2, 0) is 6.54 Å². The van der Waals surface area contributed by atoms with Gasteiger partial charge in [0, 0.05) is 52.4 Å². The van der Waals surface area contributed by atoms with Crippen molar-refractivity contribution in [2.45, 2.75) is 26.1 Å². The molecule has 1 aliphatic rings. The summed E-state index contributed by atoms with van der Waals surface area (Å²) < 4.78 is 36.7. The van der Waals surface area contributed by atoms with Gasteiger partial charge in [-0.3, -0.25) is 14.8 Å². The van der Waals surface area contributed by atoms with Gasteiger partial charge in [0.1, 0.15) is 0 Å². The minimum Gasteiger partial charge on any atom is -0.357 e. The number of guanidine groups is 1. The summed E-state index contributed by atoms with van der Waals surface area (Å²) in [6, 6.07) is 10.5. The number of aliphatic imine (C=N–C) groups is 1. The number of nitrogens with one attached hydrogen (secondary N) is 2. The maximum Gasteiger partial charge on any atom is 0.390 e. The predicted octanol–water partition coefficient (Wildman–Crippen LogP) is 2.31. The Morgan fingerprint density at radius 3 is 2.33 bits per heavy atom. The van der Waals surface area contributed by atoms with Gasteiger partial charge < -0.3 is 10.6 Å². The number of hydrogen-bond donors (Lipinski definition) is 2. The van der Waals surface area contributed by atoms with Gasteiger partial charge in [-0.2, -0.15) is 13.2 Å². The van der Waals surface area contributed by atoms with Crippen molar-refractivity contribution in [3.8, 4) is 0 Å². The monoisotopic (exact) mass is 385 g/mol. The van der Waals surface area contributed by atoms with Crippen molar-refractivity contribution >= 4 is 5.96 Å². The van der Waals surface area contributed by atoms with Gasteiger partial charge in [-0.05, 0) is 12.5 Å². The largest absolute Gasteiger partial charge is 0.390 e. The Hall–Kier alpha value is -1.80. The van der Waals surface area contributed by atoms with E-state index in [4.69, 9.17) is 0 Å². The average Bonchev–Trinajstić information content (AvgIpc) is 2.63. The van der Waals surface area contributed by atoms with Crippen molar-refractivity contribution in [2.75, 3.05) is 52.4 Å². The minimum absolute atomic E-state index is 0.253. The smallest absolute Gasteiger partial charge is 0.357 e. The SMILES string of the molecule is CCNC(=NCCC(F)(F)F)NCCN1CCN(Cc2ccccc2)CC1. The Morgan fingerprint density at radius 1 is 1.04 bits per heavy atom. The second-order valence-corrected chi connectivity index (χ2v) is 6.66. The molecule has 1 fully saturated rings. The van der Waals surface area contributed by atoms with Crippen LogP contribution in [0.3, 0.4) is 0 Å². The van der Waals surface area contributed by atoms with Crippen LogP contribution >= 0.6 is 0 Å². The first kappa shape index (κ1) is 21.5. The lowest BCUT2D eigenvalue weighted by Crippen LogP contribution is -2.49. The van der Waals surface area contributed by atoms with Crippen LogP contribution in [0, 0.1) is 0 Å². The number of piperazine rings is 1. The van der Waals surface area contributed by atoms with Gasteiger partial charge in [0.25, 0.3) is 0 Å². The summed E-state index contributed by atoms with van der Waals surface area (Å²) in [5.74, 6) is 0.449. The summed E-state index contributed by atoms with van der Waals surface area (Å²) in [6.45, 7) is 8.79. The molecule has 2 N–H and O–H groups in total. The summed E-state index contributed by atoms with van der Waals surface area (Å²) in [5, 5.41) is 6.11. The van der Waals surface area contributed by atoms with Crippen LogP contribution in [0.15, 0.2) is 35.3 Å². The molecule has 0 unspecified atom stereocenters. The molecule has 1 aliphatic heterocycles. The van der Waals surface area contributed by atoms with E-state index in [9.17, 15) is 13.2 Å². The molecule has 1 aromatic rings. The summed E-state index contributed by atoms with van der Waals surface area (Å²) >= 11 is 0. The molecule has 0 radical (unpaired) electrons. The summed E-state index contributed by atoms with van der Waals surface area (Å²) in [5.41, 5.74) is 1.33. The highest BCUT2D eigenvalue weighted by Crippen LogP contribution is 2.18. The van der Waals surface area contributed by atoms with Crippen LogP contribution in [0.2, 0.25) is 0 Å². The standard InChI is InChI=1S/C19H30F3N5/c1-2-23-18(24-9-8-19(20,21)22)25-10-11-26-12-14-27(15-13-26)16-17-6-4-3-5-7-17/h3-7H,2,8-16H2,1H3,(H2,23,24,25). The zero-order chi connectivity index (χ0) is 19.5. The molecule has 8 heteroatoms. The molecule has 0 spiro atoms. The number of alkyl halides is 3. The van der Waals surface area contributed by atoms with Crippen LogP contribution in [0.5, 0.6) is 0 Å². The van der Waals surface area contributed by atoms with E-state index in [0.717, 1.165) is 39.3 Å². The average molecular weight is 385 g/mol. The molecule has 1 aromatic carbocycles. The maximum absolute atomic E-state index is 12.2. The van der Waals surface area contributed by atoms with Gasteiger partial charge in [0.05, 0.1) is 13.0 Å². The number of nitrogens with zero attached hydrogens (tertiary/aromatic N) is 3. The molecule has 0 atom stereocenters. The molecule has 152 valence electrons. The topological polar surface area (TPSA) is 42.9 Å². The van der Waals surface area contributed by atoms with Gasteiger partial charge in [-0.25, -0.2) is 0 Å². The summed E-state index contributed by atoms with van der Waals surface area (Å²) in [4.78, 5) is 8.80. The first-order valence-electron chi connectivity index (χ1n) is 9.54. The fraction of sp³-hybridized carbons (Fsp3) is 0.632. The summed E-state index contributed by atoms with van der Waals surface area (Å²) in [6.07, 6.45) is -5.06. The third kappa shape index (κ3) is 9.10. The van der Waals surface area contributed by atoms with E-state index in [-0.39, 0.29) is 6.54 Å². The Kier molecular flexibility index (Phi) is 8.87. The zero-order valence-electron chi connectivity index (χ0n) is 15.9. The highest BCUT2D eigenvalue weighted by atomic mass is 19.4. The quantitative estimate of drug-likeness (QED) is 0.532. The van der Waals surface area contributed by atoms with Gasteiger partial charge >= 0.3 is 6.18 Å². The molecule has 0 aliphatic carbocycles. The lowest BCUT2D eigenvalue weighted by Gasteiger charge is -2.34. The number of rotatable bonds is 8. The molecular formula is C19H30F3N5. The molecule has 5 nitrogen and oxygen atoms in total. The molecule has 2 rings (SSSR count). The van der Waals surface area contributed by atoms with E-state index in [1.54, 1.807) is 0 Å². The van der Waals surface area contributed by atoms with Gasteiger partial charge in [0.2, 0.25) is 0 Å². The Morgan fingerprint density at radius 2 is 1.70 bits per heavy atom. The molecule has 1 heterocycles. The Labute approximate surface area is 159 Å². The van der Waals surface area contributed by atoms with E-state index in [1.165, 1.54) is 5.56 Å². The second kappa shape index (κ2) is 11.1. The molecule has 1 saturated heterocycles. The number of benzene rings is 1. The molecule has 0 amide bonds. The summed E-state index contributed by atoms with van der Waals surface area (Å²) in [7, 11) is 0. The van der Waals surface area contributed by atoms with E-state index in [1.807, 2.05) is 13.0 Å². The molecule has 0 aromatic heterocycles. The first-order chi connectivity index (χ1) is 13.0. The van der Waals surface area contributed by atoms with Crippen LogP contribution in [0.4, 0.5) is 13.2 Å².